The molecule has 0 saturated carbocycles. The fourth-order valence-corrected chi connectivity index (χ4v) is 2.89. The van der Waals surface area contributed by atoms with Gasteiger partial charge in [0.1, 0.15) is 0 Å². The molecule has 2 rings (SSSR count). The van der Waals surface area contributed by atoms with E-state index in [1.165, 1.54) is 24.1 Å². The molecule has 0 amide bonds. The number of benzene rings is 1. The van der Waals surface area contributed by atoms with Gasteiger partial charge in [0.15, 0.2) is 0 Å². The van der Waals surface area contributed by atoms with Crippen LogP contribution in [0, 0.1) is 11.8 Å². The predicted octanol–water partition coefficient (Wildman–Crippen LogP) is 4.32. The second-order valence-corrected chi connectivity index (χ2v) is 6.90. The first kappa shape index (κ1) is 15.7. The smallest absolute Gasteiger partial charge is 0.0426 e. The molecule has 1 N–H and O–H groups in total. The Kier molecular flexibility index (Phi) is 5.74. The SMILES string of the molecule is CC(C)CNCc1ccc(Cl)cc1N1CCC(C)CC1. The molecular weight excluding hydrogens is 268 g/mol. The van der Waals surface area contributed by atoms with Gasteiger partial charge in [0.25, 0.3) is 0 Å². The van der Waals surface area contributed by atoms with Gasteiger partial charge in [0.2, 0.25) is 0 Å². The predicted molar refractivity (Wildman–Crippen MR) is 88.6 cm³/mol. The largest absolute Gasteiger partial charge is 0.371 e. The number of piperidine rings is 1. The Morgan fingerprint density at radius 2 is 2.00 bits per heavy atom. The first-order valence-electron chi connectivity index (χ1n) is 7.80. The van der Waals surface area contributed by atoms with Crippen LogP contribution in [0.4, 0.5) is 5.69 Å². The van der Waals surface area contributed by atoms with Crippen LogP contribution in [0.15, 0.2) is 18.2 Å². The first-order chi connectivity index (χ1) is 9.56. The van der Waals surface area contributed by atoms with Crippen LogP contribution < -0.4 is 10.2 Å². The second kappa shape index (κ2) is 7.33. The number of rotatable bonds is 5. The summed E-state index contributed by atoms with van der Waals surface area (Å²) in [6.07, 6.45) is 2.57. The van der Waals surface area contributed by atoms with Crippen LogP contribution in [-0.2, 0) is 6.54 Å². The van der Waals surface area contributed by atoms with Crippen LogP contribution in [0.5, 0.6) is 0 Å². The van der Waals surface area contributed by atoms with E-state index in [0.29, 0.717) is 5.92 Å². The summed E-state index contributed by atoms with van der Waals surface area (Å²) in [5.74, 6) is 1.54. The highest BCUT2D eigenvalue weighted by atomic mass is 35.5. The molecule has 0 spiro atoms. The fraction of sp³-hybridized carbons (Fsp3) is 0.647. The van der Waals surface area contributed by atoms with Gasteiger partial charge in [-0.2, -0.15) is 0 Å². The van der Waals surface area contributed by atoms with Crippen molar-refractivity contribution in [3.8, 4) is 0 Å². The minimum absolute atomic E-state index is 0.682. The number of nitrogens with zero attached hydrogens (tertiary/aromatic N) is 1. The average Bonchev–Trinajstić information content (AvgIpc) is 2.41. The van der Waals surface area contributed by atoms with E-state index in [2.05, 4.69) is 43.1 Å². The highest BCUT2D eigenvalue weighted by Crippen LogP contribution is 2.29. The molecule has 1 saturated heterocycles. The highest BCUT2D eigenvalue weighted by Gasteiger charge is 2.18. The Morgan fingerprint density at radius 1 is 1.30 bits per heavy atom. The number of hydrogen-bond acceptors (Lipinski definition) is 2. The molecule has 0 aromatic heterocycles. The van der Waals surface area contributed by atoms with Gasteiger partial charge < -0.3 is 10.2 Å². The van der Waals surface area contributed by atoms with Gasteiger partial charge in [-0.1, -0.05) is 38.4 Å². The highest BCUT2D eigenvalue weighted by molar-refractivity contribution is 6.30. The van der Waals surface area contributed by atoms with Gasteiger partial charge in [0.05, 0.1) is 0 Å². The molecule has 1 fully saturated rings. The lowest BCUT2D eigenvalue weighted by atomic mass is 9.98. The molecule has 2 nitrogen and oxygen atoms in total. The zero-order valence-electron chi connectivity index (χ0n) is 13.0. The van der Waals surface area contributed by atoms with Crippen molar-refractivity contribution in [1.29, 1.82) is 0 Å². The maximum Gasteiger partial charge on any atom is 0.0426 e. The number of nitrogens with one attached hydrogen (secondary N) is 1. The molecule has 1 heterocycles. The van der Waals surface area contributed by atoms with Crippen molar-refractivity contribution in [3.05, 3.63) is 28.8 Å². The molecule has 0 bridgehead atoms. The molecule has 1 aromatic rings. The van der Waals surface area contributed by atoms with E-state index in [1.54, 1.807) is 0 Å². The molecular formula is C17H27ClN2. The summed E-state index contributed by atoms with van der Waals surface area (Å²) in [5, 5.41) is 4.38. The summed E-state index contributed by atoms with van der Waals surface area (Å²) >= 11 is 6.20. The summed E-state index contributed by atoms with van der Waals surface area (Å²) in [6.45, 7) is 11.1. The third-order valence-electron chi connectivity index (χ3n) is 4.04. The zero-order valence-corrected chi connectivity index (χ0v) is 13.7. The van der Waals surface area contributed by atoms with Gasteiger partial charge in [-0.3, -0.25) is 0 Å². The summed E-state index contributed by atoms with van der Waals surface area (Å²) in [4.78, 5) is 2.50. The van der Waals surface area contributed by atoms with E-state index < -0.39 is 0 Å². The molecule has 1 aliphatic heterocycles. The van der Waals surface area contributed by atoms with Crippen molar-refractivity contribution in [1.82, 2.24) is 5.32 Å². The third kappa shape index (κ3) is 4.39. The molecule has 0 aliphatic carbocycles. The summed E-state index contributed by atoms with van der Waals surface area (Å²) in [7, 11) is 0. The third-order valence-corrected chi connectivity index (χ3v) is 4.27. The van der Waals surface area contributed by atoms with Crippen LogP contribution in [0.2, 0.25) is 5.02 Å². The van der Waals surface area contributed by atoms with Crippen molar-refractivity contribution < 1.29 is 0 Å². The Bertz CT molecular complexity index is 423. The Hall–Kier alpha value is -0.730. The van der Waals surface area contributed by atoms with Crippen molar-refractivity contribution in [3.63, 3.8) is 0 Å². The normalized spacial score (nSPS) is 16.9. The number of halogens is 1. The zero-order chi connectivity index (χ0) is 14.5. The van der Waals surface area contributed by atoms with Gasteiger partial charge >= 0.3 is 0 Å². The van der Waals surface area contributed by atoms with E-state index in [0.717, 1.165) is 37.1 Å². The first-order valence-corrected chi connectivity index (χ1v) is 8.18. The second-order valence-electron chi connectivity index (χ2n) is 6.47. The number of hydrogen-bond donors (Lipinski definition) is 1. The van der Waals surface area contributed by atoms with Crippen molar-refractivity contribution in [2.24, 2.45) is 11.8 Å². The van der Waals surface area contributed by atoms with E-state index in [-0.39, 0.29) is 0 Å². The lowest BCUT2D eigenvalue weighted by Crippen LogP contribution is -2.34. The monoisotopic (exact) mass is 294 g/mol. The Labute approximate surface area is 128 Å². The van der Waals surface area contributed by atoms with Crippen LogP contribution in [0.25, 0.3) is 0 Å². The van der Waals surface area contributed by atoms with Crippen LogP contribution in [-0.4, -0.2) is 19.6 Å². The van der Waals surface area contributed by atoms with Crippen LogP contribution in [0.1, 0.15) is 39.2 Å². The van der Waals surface area contributed by atoms with Gasteiger partial charge in [0, 0.05) is 30.3 Å². The minimum Gasteiger partial charge on any atom is -0.371 e. The maximum atomic E-state index is 6.20. The van der Waals surface area contributed by atoms with Crippen LogP contribution >= 0.6 is 11.6 Å². The Balaban J connectivity index is 2.07. The van der Waals surface area contributed by atoms with E-state index in [9.17, 15) is 0 Å². The van der Waals surface area contributed by atoms with Gasteiger partial charge in [-0.15, -0.1) is 0 Å². The maximum absolute atomic E-state index is 6.20. The molecule has 1 aliphatic rings. The molecule has 0 radical (unpaired) electrons. The number of anilines is 1. The summed E-state index contributed by atoms with van der Waals surface area (Å²) < 4.78 is 0. The van der Waals surface area contributed by atoms with Gasteiger partial charge in [-0.05, 0) is 48.9 Å². The lowest BCUT2D eigenvalue weighted by Gasteiger charge is -2.33. The standard InChI is InChI=1S/C17H27ClN2/c1-13(2)11-19-12-15-4-5-16(18)10-17(15)20-8-6-14(3)7-9-20/h4-5,10,13-14,19H,6-9,11-12H2,1-3H3. The van der Waals surface area contributed by atoms with Crippen LogP contribution in [0.3, 0.4) is 0 Å². The average molecular weight is 295 g/mol. The van der Waals surface area contributed by atoms with Crippen molar-refractivity contribution in [2.75, 3.05) is 24.5 Å². The lowest BCUT2D eigenvalue weighted by molar-refractivity contribution is 0.437. The topological polar surface area (TPSA) is 15.3 Å². The van der Waals surface area contributed by atoms with Gasteiger partial charge in [-0.25, -0.2) is 0 Å². The molecule has 0 unspecified atom stereocenters. The molecule has 112 valence electrons. The van der Waals surface area contributed by atoms with Crippen molar-refractivity contribution in [2.45, 2.75) is 40.2 Å². The minimum atomic E-state index is 0.682. The van der Waals surface area contributed by atoms with E-state index in [1.807, 2.05) is 6.07 Å². The summed E-state index contributed by atoms with van der Waals surface area (Å²) in [5.41, 5.74) is 2.69. The molecule has 20 heavy (non-hydrogen) atoms. The van der Waals surface area contributed by atoms with Crippen molar-refractivity contribution >= 4 is 17.3 Å². The van der Waals surface area contributed by atoms with E-state index in [4.69, 9.17) is 11.6 Å². The molecule has 3 heteroatoms. The quantitative estimate of drug-likeness (QED) is 0.870. The Morgan fingerprint density at radius 3 is 2.65 bits per heavy atom. The van der Waals surface area contributed by atoms with E-state index >= 15 is 0 Å². The molecule has 1 aromatic carbocycles. The summed E-state index contributed by atoms with van der Waals surface area (Å²) in [6, 6.07) is 6.30. The molecule has 0 atom stereocenters. The fourth-order valence-electron chi connectivity index (χ4n) is 2.73.